The lowest BCUT2D eigenvalue weighted by atomic mass is 10.3. The van der Waals surface area contributed by atoms with Crippen molar-refractivity contribution in [3.05, 3.63) is 24.3 Å². The Kier molecular flexibility index (Phi) is 8.66. The van der Waals surface area contributed by atoms with E-state index in [1.54, 1.807) is 25.2 Å². The molecule has 0 heterocycles. The molecule has 0 spiro atoms. The van der Waals surface area contributed by atoms with Gasteiger partial charge in [0.05, 0.1) is 12.7 Å². The second-order valence-corrected chi connectivity index (χ2v) is 2.88. The Morgan fingerprint density at radius 3 is 2.87 bits per heavy atom. The molecule has 3 N–H and O–H groups in total. The molecule has 0 fully saturated rings. The summed E-state index contributed by atoms with van der Waals surface area (Å²) in [7, 11) is 0. The second kappa shape index (κ2) is 9.39. The third kappa shape index (κ3) is 10.8. The average Bonchev–Trinajstić information content (AvgIpc) is 2.21. The summed E-state index contributed by atoms with van der Waals surface area (Å²) in [5, 5.41) is 8.87. The van der Waals surface area contributed by atoms with Crippen LogP contribution in [0.5, 0.6) is 0 Å². The van der Waals surface area contributed by atoms with Crippen LogP contribution in [0.2, 0.25) is 0 Å². The van der Waals surface area contributed by atoms with Gasteiger partial charge < -0.3 is 14.7 Å². The molecule has 0 saturated carbocycles. The van der Waals surface area contributed by atoms with E-state index in [-0.39, 0.29) is 6.61 Å². The summed E-state index contributed by atoms with van der Waals surface area (Å²) in [4.78, 5) is 14.4. The molecular formula is C10H17NO4. The van der Waals surface area contributed by atoms with Crippen LogP contribution in [0, 0.1) is 0 Å². The lowest BCUT2D eigenvalue weighted by molar-refractivity contribution is -0.149. The first kappa shape index (κ1) is 13.8. The van der Waals surface area contributed by atoms with Gasteiger partial charge in [-0.2, -0.15) is 5.90 Å². The number of nitrogens with two attached hydrogens (primary N) is 1. The van der Waals surface area contributed by atoms with Crippen LogP contribution in [0.4, 0.5) is 0 Å². The van der Waals surface area contributed by atoms with Gasteiger partial charge in [-0.15, -0.1) is 0 Å². The number of carbonyl (C=O) groups is 1. The van der Waals surface area contributed by atoms with Crippen molar-refractivity contribution < 1.29 is 19.5 Å². The zero-order chi connectivity index (χ0) is 11.5. The van der Waals surface area contributed by atoms with E-state index in [9.17, 15) is 4.79 Å². The zero-order valence-corrected chi connectivity index (χ0v) is 8.76. The Morgan fingerprint density at radius 2 is 2.27 bits per heavy atom. The molecule has 0 aromatic heterocycles. The summed E-state index contributed by atoms with van der Waals surface area (Å²) in [6.45, 7) is 1.97. The lowest BCUT2D eigenvalue weighted by Crippen LogP contribution is -2.16. The van der Waals surface area contributed by atoms with E-state index in [0.717, 1.165) is 0 Å². The molecule has 0 bridgehead atoms. The molecule has 0 amide bonds. The minimum Gasteiger partial charge on any atom is -0.389 e. The van der Waals surface area contributed by atoms with Gasteiger partial charge in [0.15, 0.2) is 0 Å². The fourth-order valence-electron chi connectivity index (χ4n) is 0.741. The van der Waals surface area contributed by atoms with Crippen molar-refractivity contribution >= 4 is 5.97 Å². The van der Waals surface area contributed by atoms with E-state index in [2.05, 4.69) is 10.7 Å². The number of hydrogen-bond donors (Lipinski definition) is 2. The highest BCUT2D eigenvalue weighted by Gasteiger charge is 1.98. The Balaban J connectivity index is 3.34. The summed E-state index contributed by atoms with van der Waals surface area (Å²) >= 11 is 0. The monoisotopic (exact) mass is 215 g/mol. The number of allylic oxidation sites excluding steroid dienone is 2. The molecule has 86 valence electrons. The molecule has 0 unspecified atom stereocenters. The molecule has 0 aliphatic carbocycles. The van der Waals surface area contributed by atoms with E-state index in [1.807, 2.05) is 6.08 Å². The van der Waals surface area contributed by atoms with Crippen LogP contribution >= 0.6 is 0 Å². The highest BCUT2D eigenvalue weighted by molar-refractivity contribution is 5.70. The quantitative estimate of drug-likeness (QED) is 0.363. The largest absolute Gasteiger partial charge is 0.389 e. The molecule has 0 aliphatic heterocycles. The number of rotatable bonds is 7. The van der Waals surface area contributed by atoms with Crippen LogP contribution in [-0.2, 0) is 14.4 Å². The maximum absolute atomic E-state index is 10.5. The smallest absolute Gasteiger partial charge is 0.350 e. The van der Waals surface area contributed by atoms with Gasteiger partial charge in [-0.1, -0.05) is 24.3 Å². The van der Waals surface area contributed by atoms with E-state index in [4.69, 9.17) is 9.84 Å². The molecule has 0 rings (SSSR count). The molecule has 1 atom stereocenters. The summed E-state index contributed by atoms with van der Waals surface area (Å²) in [5.41, 5.74) is 0. The molecule has 5 nitrogen and oxygen atoms in total. The van der Waals surface area contributed by atoms with Crippen molar-refractivity contribution in [3.63, 3.8) is 0 Å². The van der Waals surface area contributed by atoms with E-state index in [0.29, 0.717) is 13.0 Å². The summed E-state index contributed by atoms with van der Waals surface area (Å²) < 4.78 is 4.93. The maximum atomic E-state index is 10.5. The van der Waals surface area contributed by atoms with Crippen molar-refractivity contribution in [2.45, 2.75) is 19.4 Å². The van der Waals surface area contributed by atoms with Crippen LogP contribution < -0.4 is 5.90 Å². The van der Waals surface area contributed by atoms with Crippen LogP contribution in [0.3, 0.4) is 0 Å². The topological polar surface area (TPSA) is 81.8 Å². The number of aliphatic hydroxyl groups excluding tert-OH is 1. The van der Waals surface area contributed by atoms with Crippen LogP contribution in [-0.4, -0.2) is 30.4 Å². The van der Waals surface area contributed by atoms with Crippen LogP contribution in [0.1, 0.15) is 13.3 Å². The molecule has 0 aromatic rings. The summed E-state index contributed by atoms with van der Waals surface area (Å²) in [5.74, 6) is 4.01. The van der Waals surface area contributed by atoms with Crippen molar-refractivity contribution in [1.82, 2.24) is 0 Å². The lowest BCUT2D eigenvalue weighted by Gasteiger charge is -1.98. The molecule has 0 aromatic carbocycles. The standard InChI is InChI=1S/C10H17NO4/c1-9(12)6-4-2-3-5-7-14-8-10(13)15-11/h2-4,6,9,12H,5,7-8,11H2,1H3/b3-2+,6-4+/t9-/m1/s1. The van der Waals surface area contributed by atoms with Gasteiger partial charge in [0.25, 0.3) is 0 Å². The number of ether oxygens (including phenoxy) is 1. The number of hydrogen-bond acceptors (Lipinski definition) is 5. The van der Waals surface area contributed by atoms with E-state index in [1.165, 1.54) is 0 Å². The maximum Gasteiger partial charge on any atom is 0.350 e. The first-order valence-electron chi connectivity index (χ1n) is 4.65. The van der Waals surface area contributed by atoms with Gasteiger partial charge in [-0.3, -0.25) is 0 Å². The van der Waals surface area contributed by atoms with E-state index < -0.39 is 12.1 Å². The van der Waals surface area contributed by atoms with Crippen molar-refractivity contribution in [3.8, 4) is 0 Å². The highest BCUT2D eigenvalue weighted by atomic mass is 16.7. The minimum atomic E-state index is -0.590. The Labute approximate surface area is 89.1 Å². The number of aliphatic hydroxyl groups is 1. The van der Waals surface area contributed by atoms with Crippen LogP contribution in [0.15, 0.2) is 24.3 Å². The van der Waals surface area contributed by atoms with Crippen LogP contribution in [0.25, 0.3) is 0 Å². The van der Waals surface area contributed by atoms with E-state index >= 15 is 0 Å². The molecule has 0 saturated heterocycles. The fourth-order valence-corrected chi connectivity index (χ4v) is 0.741. The van der Waals surface area contributed by atoms with Crippen molar-refractivity contribution in [2.75, 3.05) is 13.2 Å². The van der Waals surface area contributed by atoms with Gasteiger partial charge in [0.1, 0.15) is 6.61 Å². The summed E-state index contributed by atoms with van der Waals surface area (Å²) in [6, 6.07) is 0. The molecule has 0 radical (unpaired) electrons. The highest BCUT2D eigenvalue weighted by Crippen LogP contribution is 1.89. The third-order valence-corrected chi connectivity index (χ3v) is 1.42. The Morgan fingerprint density at radius 1 is 1.53 bits per heavy atom. The summed E-state index contributed by atoms with van der Waals surface area (Å²) in [6.07, 6.45) is 7.32. The fraction of sp³-hybridized carbons (Fsp3) is 0.500. The van der Waals surface area contributed by atoms with Crippen molar-refractivity contribution in [2.24, 2.45) is 5.90 Å². The molecule has 0 aliphatic rings. The molecule has 15 heavy (non-hydrogen) atoms. The predicted molar refractivity (Wildman–Crippen MR) is 55.7 cm³/mol. The average molecular weight is 215 g/mol. The Bertz CT molecular complexity index is 223. The Hall–Kier alpha value is -1.17. The SMILES string of the molecule is C[C@@H](O)/C=C/C=C/CCOCC(=O)ON. The predicted octanol–water partition coefficient (Wildman–Crippen LogP) is 0.303. The first-order chi connectivity index (χ1) is 7.16. The van der Waals surface area contributed by atoms with Crippen molar-refractivity contribution in [1.29, 1.82) is 0 Å². The molecule has 5 heteroatoms. The second-order valence-electron chi connectivity index (χ2n) is 2.88. The minimum absolute atomic E-state index is 0.131. The number of carbonyl (C=O) groups excluding carboxylic acids is 1. The van der Waals surface area contributed by atoms with Gasteiger partial charge in [-0.25, -0.2) is 4.79 Å². The van der Waals surface area contributed by atoms with Gasteiger partial charge >= 0.3 is 5.97 Å². The van der Waals surface area contributed by atoms with Gasteiger partial charge in [0.2, 0.25) is 0 Å². The van der Waals surface area contributed by atoms with Gasteiger partial charge in [-0.05, 0) is 13.3 Å². The zero-order valence-electron chi connectivity index (χ0n) is 8.76. The first-order valence-corrected chi connectivity index (χ1v) is 4.65. The third-order valence-electron chi connectivity index (χ3n) is 1.42. The normalized spacial score (nSPS) is 13.5. The van der Waals surface area contributed by atoms with Gasteiger partial charge in [0, 0.05) is 0 Å². The molecular weight excluding hydrogens is 198 g/mol.